The lowest BCUT2D eigenvalue weighted by Crippen LogP contribution is -2.37. The second-order valence-electron chi connectivity index (χ2n) is 3.95. The van der Waals surface area contributed by atoms with Crippen molar-refractivity contribution in [3.05, 3.63) is 33.8 Å². The van der Waals surface area contributed by atoms with Gasteiger partial charge in [0.25, 0.3) is 0 Å². The second-order valence-corrected chi connectivity index (χ2v) is 4.82. The van der Waals surface area contributed by atoms with Gasteiger partial charge >= 0.3 is 0 Å². The molecule has 1 aromatic rings. The summed E-state index contributed by atoms with van der Waals surface area (Å²) >= 11 is 11.8. The van der Waals surface area contributed by atoms with Crippen LogP contribution in [0.2, 0.25) is 10.0 Å². The zero-order valence-corrected chi connectivity index (χ0v) is 12.2. The maximum atomic E-state index is 11.7. The molecule has 0 unspecified atom stereocenters. The zero-order chi connectivity index (χ0) is 13.5. The number of hydrogen-bond donors (Lipinski definition) is 1. The van der Waals surface area contributed by atoms with Gasteiger partial charge in [0.05, 0.1) is 6.54 Å². The Morgan fingerprint density at radius 1 is 1.17 bits per heavy atom. The molecule has 100 valence electrons. The maximum absolute atomic E-state index is 11.7. The van der Waals surface area contributed by atoms with Gasteiger partial charge < -0.3 is 10.2 Å². The summed E-state index contributed by atoms with van der Waals surface area (Å²) in [6.45, 7) is 6.31. The van der Waals surface area contributed by atoms with Crippen molar-refractivity contribution in [3.63, 3.8) is 0 Å². The van der Waals surface area contributed by atoms with E-state index in [1.807, 2.05) is 26.0 Å². The number of carbonyl (C=O) groups is 1. The first-order chi connectivity index (χ1) is 8.56. The summed E-state index contributed by atoms with van der Waals surface area (Å²) in [7, 11) is 0. The van der Waals surface area contributed by atoms with Gasteiger partial charge in [-0.25, -0.2) is 0 Å². The Morgan fingerprint density at radius 3 is 2.22 bits per heavy atom. The van der Waals surface area contributed by atoms with Gasteiger partial charge in [-0.3, -0.25) is 4.79 Å². The number of nitrogens with zero attached hydrogens (tertiary/aromatic N) is 1. The summed E-state index contributed by atoms with van der Waals surface area (Å²) in [5.41, 5.74) is 0.972. The van der Waals surface area contributed by atoms with Crippen LogP contribution in [0, 0.1) is 0 Å². The third kappa shape index (κ3) is 4.84. The lowest BCUT2D eigenvalue weighted by Gasteiger charge is -2.18. The standard InChI is InChI=1S/C13H18Cl2N2O/c1-3-17(4-2)13(18)9-16-8-10-5-11(14)7-12(15)6-10/h5-7,16H,3-4,8-9H2,1-2H3. The first-order valence-electron chi connectivity index (χ1n) is 6.00. The molecule has 1 rings (SSSR count). The van der Waals surface area contributed by atoms with Gasteiger partial charge in [-0.2, -0.15) is 0 Å². The molecule has 0 aliphatic carbocycles. The van der Waals surface area contributed by atoms with Crippen LogP contribution in [0.5, 0.6) is 0 Å². The summed E-state index contributed by atoms with van der Waals surface area (Å²) in [6.07, 6.45) is 0. The smallest absolute Gasteiger partial charge is 0.236 e. The topological polar surface area (TPSA) is 32.3 Å². The summed E-state index contributed by atoms with van der Waals surface area (Å²) in [4.78, 5) is 13.5. The number of carbonyl (C=O) groups excluding carboxylic acids is 1. The fraction of sp³-hybridized carbons (Fsp3) is 0.462. The molecule has 0 heterocycles. The summed E-state index contributed by atoms with van der Waals surface area (Å²) in [6, 6.07) is 5.36. The van der Waals surface area contributed by atoms with Crippen molar-refractivity contribution < 1.29 is 4.79 Å². The SMILES string of the molecule is CCN(CC)C(=O)CNCc1cc(Cl)cc(Cl)c1. The molecule has 0 fully saturated rings. The third-order valence-electron chi connectivity index (χ3n) is 2.64. The summed E-state index contributed by atoms with van der Waals surface area (Å²) in [5.74, 6) is 0.105. The maximum Gasteiger partial charge on any atom is 0.236 e. The quantitative estimate of drug-likeness (QED) is 0.873. The van der Waals surface area contributed by atoms with E-state index in [-0.39, 0.29) is 5.91 Å². The Labute approximate surface area is 118 Å². The van der Waals surface area contributed by atoms with E-state index in [9.17, 15) is 4.79 Å². The molecule has 1 aromatic carbocycles. The van der Waals surface area contributed by atoms with Crippen molar-refractivity contribution in [1.82, 2.24) is 10.2 Å². The Hall–Kier alpha value is -0.770. The van der Waals surface area contributed by atoms with Gasteiger partial charge in [0, 0.05) is 29.7 Å². The molecule has 1 N–H and O–H groups in total. The molecule has 18 heavy (non-hydrogen) atoms. The number of amides is 1. The van der Waals surface area contributed by atoms with Gasteiger partial charge in [-0.15, -0.1) is 0 Å². The predicted octanol–water partition coefficient (Wildman–Crippen LogP) is 2.95. The van der Waals surface area contributed by atoms with E-state index < -0.39 is 0 Å². The lowest BCUT2D eigenvalue weighted by molar-refractivity contribution is -0.129. The number of likely N-dealkylation sites (N-methyl/N-ethyl adjacent to an activating group) is 1. The molecule has 0 aromatic heterocycles. The van der Waals surface area contributed by atoms with Crippen molar-refractivity contribution in [2.75, 3.05) is 19.6 Å². The van der Waals surface area contributed by atoms with Crippen molar-refractivity contribution in [3.8, 4) is 0 Å². The van der Waals surface area contributed by atoms with Gasteiger partial charge in [0.15, 0.2) is 0 Å². The molecule has 0 bridgehead atoms. The Balaban J connectivity index is 2.44. The summed E-state index contributed by atoms with van der Waals surface area (Å²) < 4.78 is 0. The molecule has 0 saturated heterocycles. The molecule has 1 amide bonds. The minimum atomic E-state index is 0.105. The summed E-state index contributed by atoms with van der Waals surface area (Å²) in [5, 5.41) is 4.31. The number of halogens is 2. The third-order valence-corrected chi connectivity index (χ3v) is 3.08. The fourth-order valence-corrected chi connectivity index (χ4v) is 2.29. The molecule has 3 nitrogen and oxygen atoms in total. The van der Waals surface area contributed by atoms with Crippen molar-refractivity contribution in [2.45, 2.75) is 20.4 Å². The molecule has 0 aliphatic heterocycles. The molecule has 0 spiro atoms. The van der Waals surface area contributed by atoms with Crippen LogP contribution in [0.25, 0.3) is 0 Å². The molecule has 0 aliphatic rings. The minimum Gasteiger partial charge on any atom is -0.342 e. The molecular formula is C13H18Cl2N2O. The van der Waals surface area contributed by atoms with Crippen molar-refractivity contribution in [1.29, 1.82) is 0 Å². The van der Waals surface area contributed by atoms with Crippen LogP contribution in [0.4, 0.5) is 0 Å². The Bertz CT molecular complexity index is 386. The Morgan fingerprint density at radius 2 is 1.72 bits per heavy atom. The van der Waals surface area contributed by atoms with Crippen LogP contribution < -0.4 is 5.32 Å². The normalized spacial score (nSPS) is 10.4. The molecule has 0 radical (unpaired) electrons. The largest absolute Gasteiger partial charge is 0.342 e. The number of rotatable bonds is 6. The average molecular weight is 289 g/mol. The van der Waals surface area contributed by atoms with E-state index in [2.05, 4.69) is 5.32 Å². The van der Waals surface area contributed by atoms with Gasteiger partial charge in [0.2, 0.25) is 5.91 Å². The molecule has 5 heteroatoms. The highest BCUT2D eigenvalue weighted by Gasteiger charge is 2.08. The number of nitrogens with one attached hydrogen (secondary N) is 1. The Kier molecular flexibility index (Phi) is 6.47. The van der Waals surface area contributed by atoms with Gasteiger partial charge in [-0.05, 0) is 37.6 Å². The second kappa shape index (κ2) is 7.62. The highest BCUT2D eigenvalue weighted by Crippen LogP contribution is 2.18. The van der Waals surface area contributed by atoms with Gasteiger partial charge in [-0.1, -0.05) is 23.2 Å². The van der Waals surface area contributed by atoms with Crippen LogP contribution in [0.3, 0.4) is 0 Å². The predicted molar refractivity (Wildman–Crippen MR) is 76.1 cm³/mol. The first-order valence-corrected chi connectivity index (χ1v) is 6.75. The lowest BCUT2D eigenvalue weighted by atomic mass is 10.2. The molecular weight excluding hydrogens is 271 g/mol. The van der Waals surface area contributed by atoms with Crippen molar-refractivity contribution in [2.24, 2.45) is 0 Å². The van der Waals surface area contributed by atoms with Crippen LogP contribution in [0.1, 0.15) is 19.4 Å². The number of benzene rings is 1. The van der Waals surface area contributed by atoms with Crippen LogP contribution >= 0.6 is 23.2 Å². The van der Waals surface area contributed by atoms with E-state index >= 15 is 0 Å². The van der Waals surface area contributed by atoms with Crippen LogP contribution in [-0.2, 0) is 11.3 Å². The van der Waals surface area contributed by atoms with Crippen LogP contribution in [-0.4, -0.2) is 30.4 Å². The highest BCUT2D eigenvalue weighted by atomic mass is 35.5. The van der Waals surface area contributed by atoms with Gasteiger partial charge in [0.1, 0.15) is 0 Å². The van der Waals surface area contributed by atoms with Crippen molar-refractivity contribution >= 4 is 29.1 Å². The highest BCUT2D eigenvalue weighted by molar-refractivity contribution is 6.34. The molecule has 0 atom stereocenters. The van der Waals surface area contributed by atoms with E-state index in [1.54, 1.807) is 11.0 Å². The monoisotopic (exact) mass is 288 g/mol. The van der Waals surface area contributed by atoms with Crippen LogP contribution in [0.15, 0.2) is 18.2 Å². The first kappa shape index (κ1) is 15.3. The van der Waals surface area contributed by atoms with E-state index in [0.717, 1.165) is 18.7 Å². The average Bonchev–Trinajstić information content (AvgIpc) is 2.29. The fourth-order valence-electron chi connectivity index (χ4n) is 1.71. The van der Waals surface area contributed by atoms with E-state index in [1.165, 1.54) is 0 Å². The minimum absolute atomic E-state index is 0.105. The zero-order valence-electron chi connectivity index (χ0n) is 10.7. The molecule has 0 saturated carbocycles. The van der Waals surface area contributed by atoms with E-state index in [4.69, 9.17) is 23.2 Å². The van der Waals surface area contributed by atoms with E-state index in [0.29, 0.717) is 23.1 Å². The number of hydrogen-bond acceptors (Lipinski definition) is 2.